The van der Waals surface area contributed by atoms with E-state index in [0.29, 0.717) is 44.8 Å². The van der Waals surface area contributed by atoms with E-state index in [1.165, 1.54) is 12.1 Å². The van der Waals surface area contributed by atoms with Gasteiger partial charge >= 0.3 is 0 Å². The number of nitro groups is 1. The molecule has 0 aliphatic rings. The van der Waals surface area contributed by atoms with Crippen molar-refractivity contribution in [3.8, 4) is 0 Å². The highest BCUT2D eigenvalue weighted by Crippen LogP contribution is 2.30. The molecule has 0 aliphatic carbocycles. The smallest absolute Gasteiger partial charge is 0.270 e. The number of rotatable bonds is 13. The zero-order valence-corrected chi connectivity index (χ0v) is 41.3. The molecule has 6 aromatic carbocycles. The highest BCUT2D eigenvalue weighted by atomic mass is 35.5. The number of nitrogens with zero attached hydrogens (tertiary/aromatic N) is 5. The van der Waals surface area contributed by atoms with E-state index < -0.39 is 4.92 Å². The van der Waals surface area contributed by atoms with Crippen molar-refractivity contribution in [2.45, 2.75) is 0 Å². The number of nitro benzene ring substituents is 1. The highest BCUT2D eigenvalue weighted by molar-refractivity contribution is 6.06. The number of hydrogen-bond donors (Lipinski definition) is 7. The topological polar surface area (TPSA) is 209 Å². The Morgan fingerprint density at radius 1 is 0.473 bits per heavy atom. The maximum absolute atomic E-state index is 12.8. The van der Waals surface area contributed by atoms with Gasteiger partial charge in [0.2, 0.25) is 0 Å². The largest absolute Gasteiger partial charge is 1.00 e. The number of nitrogens with two attached hydrogens (primary N) is 1. The van der Waals surface area contributed by atoms with Crippen molar-refractivity contribution in [3.05, 3.63) is 228 Å². The van der Waals surface area contributed by atoms with Crippen LogP contribution in [0.4, 0.5) is 68.2 Å². The molecule has 0 aliphatic heterocycles. The Balaban J connectivity index is 0.000000211. The zero-order chi connectivity index (χ0) is 50.0. The molecule has 10 rings (SSSR count). The van der Waals surface area contributed by atoms with Gasteiger partial charge in [0, 0.05) is 122 Å². The molecule has 0 atom stereocenters. The number of benzene rings is 6. The van der Waals surface area contributed by atoms with Crippen molar-refractivity contribution < 1.29 is 48.5 Å². The predicted molar refractivity (Wildman–Crippen MR) is 285 cm³/mol. The number of anilines is 11. The first-order chi connectivity index (χ1) is 35.0. The molecule has 18 heteroatoms. The molecule has 0 saturated heterocycles. The highest BCUT2D eigenvalue weighted by Gasteiger charge is 2.13. The Morgan fingerprint density at radius 2 is 0.878 bits per heavy atom. The molecule has 0 fully saturated rings. The van der Waals surface area contributed by atoms with Crippen LogP contribution in [0, 0.1) is 10.1 Å². The number of amides is 2. The SMILES string of the molecule is C[n+]1ccc(Nc2cccc(NC(=O)c3ccc(Nc4ccnc5ccc(N)cc45)cc3)c2)cc1.C[n+]1ccc(Nc2cccc(NC(=O)c3ccc(Nc4ccnc5ccc([N+](=O)[O-])cc45)cc3)c2)cc1.[Cl-].[Cl-]. The van der Waals surface area contributed by atoms with Crippen molar-refractivity contribution in [1.29, 1.82) is 0 Å². The zero-order valence-electron chi connectivity index (χ0n) is 39.8. The number of halogens is 2. The van der Waals surface area contributed by atoms with Gasteiger partial charge in [0.15, 0.2) is 24.8 Å². The van der Waals surface area contributed by atoms with Gasteiger partial charge in [0.25, 0.3) is 17.5 Å². The summed E-state index contributed by atoms with van der Waals surface area (Å²) in [5, 5.41) is 32.0. The molecule has 74 heavy (non-hydrogen) atoms. The Kier molecular flexibility index (Phi) is 16.9. The monoisotopic (exact) mass is 1020 g/mol. The maximum Gasteiger partial charge on any atom is 0.270 e. The summed E-state index contributed by atoms with van der Waals surface area (Å²) in [6, 6.07) is 51.2. The van der Waals surface area contributed by atoms with Crippen molar-refractivity contribution in [1.82, 2.24) is 9.97 Å². The predicted octanol–water partition coefficient (Wildman–Crippen LogP) is 5.10. The third-order valence-corrected chi connectivity index (χ3v) is 11.3. The summed E-state index contributed by atoms with van der Waals surface area (Å²) >= 11 is 0. The number of aryl methyl sites for hydroxylation is 2. The first kappa shape index (κ1) is 52.2. The summed E-state index contributed by atoms with van der Waals surface area (Å²) in [5.74, 6) is -0.414. The third kappa shape index (κ3) is 13.4. The van der Waals surface area contributed by atoms with Crippen LogP contribution in [0.25, 0.3) is 21.8 Å². The quantitative estimate of drug-likeness (QED) is 0.0350. The van der Waals surface area contributed by atoms with Gasteiger partial charge in [-0.2, -0.15) is 0 Å². The molecule has 0 saturated carbocycles. The molecule has 4 aromatic heterocycles. The average molecular weight is 1020 g/mol. The van der Waals surface area contributed by atoms with E-state index in [0.717, 1.165) is 50.7 Å². The van der Waals surface area contributed by atoms with E-state index in [1.807, 2.05) is 157 Å². The first-order valence-electron chi connectivity index (χ1n) is 22.7. The van der Waals surface area contributed by atoms with Crippen LogP contribution in [0.3, 0.4) is 0 Å². The summed E-state index contributed by atoms with van der Waals surface area (Å²) < 4.78 is 3.92. The van der Waals surface area contributed by atoms with Gasteiger partial charge in [0.1, 0.15) is 14.1 Å². The molecule has 0 spiro atoms. The van der Waals surface area contributed by atoms with E-state index in [4.69, 9.17) is 5.73 Å². The van der Waals surface area contributed by atoms with Crippen LogP contribution in [0.15, 0.2) is 207 Å². The van der Waals surface area contributed by atoms with E-state index in [1.54, 1.807) is 60.9 Å². The summed E-state index contributed by atoms with van der Waals surface area (Å²) in [7, 11) is 3.93. The molecule has 0 unspecified atom stereocenters. The number of non-ortho nitro benzene ring substituents is 1. The summed E-state index contributed by atoms with van der Waals surface area (Å²) in [6.07, 6.45) is 11.2. The number of hydrogen-bond acceptors (Lipinski definition) is 11. The average Bonchev–Trinajstić information content (AvgIpc) is 3.39. The summed E-state index contributed by atoms with van der Waals surface area (Å²) in [5.41, 5.74) is 17.4. The van der Waals surface area contributed by atoms with Crippen LogP contribution in [-0.2, 0) is 14.1 Å². The lowest BCUT2D eigenvalue weighted by molar-refractivity contribution is -0.671. The molecular weight excluding hydrogens is 976 g/mol. The van der Waals surface area contributed by atoms with Gasteiger partial charge in [0.05, 0.1) is 27.3 Å². The van der Waals surface area contributed by atoms with Crippen molar-refractivity contribution >= 4 is 102 Å². The van der Waals surface area contributed by atoms with Crippen molar-refractivity contribution in [3.63, 3.8) is 0 Å². The number of carbonyl (C=O) groups excluding carboxylic acids is 2. The Labute approximate surface area is 438 Å². The van der Waals surface area contributed by atoms with E-state index in [-0.39, 0.29) is 42.3 Å². The van der Waals surface area contributed by atoms with E-state index in [9.17, 15) is 19.7 Å². The fourth-order valence-corrected chi connectivity index (χ4v) is 7.61. The first-order valence-corrected chi connectivity index (χ1v) is 22.7. The third-order valence-electron chi connectivity index (χ3n) is 11.3. The van der Waals surface area contributed by atoms with E-state index >= 15 is 0 Å². The molecular formula is C56H48Cl2N12O4. The van der Waals surface area contributed by atoms with E-state index in [2.05, 4.69) is 41.9 Å². The second-order valence-electron chi connectivity index (χ2n) is 16.7. The molecule has 0 radical (unpaired) electrons. The van der Waals surface area contributed by atoms with Crippen LogP contribution >= 0.6 is 0 Å². The fraction of sp³-hybridized carbons (Fsp3) is 0.0357. The number of carbonyl (C=O) groups is 2. The van der Waals surface area contributed by atoms with Crippen LogP contribution in [0.2, 0.25) is 0 Å². The molecule has 4 heterocycles. The van der Waals surface area contributed by atoms with Gasteiger partial charge in [-0.15, -0.1) is 0 Å². The molecule has 10 aromatic rings. The molecule has 8 N–H and O–H groups in total. The minimum atomic E-state index is -0.433. The van der Waals surface area contributed by atoms with Crippen molar-refractivity contribution in [2.24, 2.45) is 14.1 Å². The molecule has 0 bridgehead atoms. The van der Waals surface area contributed by atoms with Gasteiger partial charge in [-0.1, -0.05) is 12.1 Å². The number of fused-ring (bicyclic) bond motifs is 2. The number of aromatic nitrogens is 4. The summed E-state index contributed by atoms with van der Waals surface area (Å²) in [6.45, 7) is 0. The Morgan fingerprint density at radius 3 is 1.32 bits per heavy atom. The minimum absolute atomic E-state index is 0. The van der Waals surface area contributed by atoms with Crippen LogP contribution in [0.1, 0.15) is 20.7 Å². The van der Waals surface area contributed by atoms with Crippen molar-refractivity contribution in [2.75, 3.05) is 37.6 Å². The lowest BCUT2D eigenvalue weighted by Gasteiger charge is -2.11. The normalized spacial score (nSPS) is 10.4. The molecule has 16 nitrogen and oxygen atoms in total. The second kappa shape index (κ2) is 24.0. The minimum Gasteiger partial charge on any atom is -1.00 e. The second-order valence-corrected chi connectivity index (χ2v) is 16.7. The number of nitrogen functional groups attached to an aromatic ring is 1. The Bertz CT molecular complexity index is 3590. The summed E-state index contributed by atoms with van der Waals surface area (Å²) in [4.78, 5) is 45.1. The lowest BCUT2D eigenvalue weighted by atomic mass is 10.1. The standard InChI is InChI=1S/C28H22N6O3.C28H24N6O.2ClH/c1-33-15-12-21(13-16-33)30-22-3-2-4-23(17-22)32-28(35)19-5-7-20(8-6-19)31-27-11-14-29-26-10-9-24(34(36)37)18-25(26)27;1-34-15-12-22(13-16-34)31-23-3-2-4-24(18-23)33-28(35)19-5-8-21(9-6-19)32-27-11-14-30-26-10-7-20(29)17-25(26)27;;/h2-18H,1H3,(H2,29,31,32,35);2-18H,29H2,1H3,(H2,30,32,33,35);2*1H. The Hall–Kier alpha value is -9.64. The fourth-order valence-electron chi connectivity index (χ4n) is 7.61. The van der Waals surface area contributed by atoms with Gasteiger partial charge < -0.3 is 62.4 Å². The van der Waals surface area contributed by atoms with Crippen LogP contribution in [-0.4, -0.2) is 26.7 Å². The maximum atomic E-state index is 12.8. The van der Waals surface area contributed by atoms with Crippen LogP contribution in [0.5, 0.6) is 0 Å². The van der Waals surface area contributed by atoms with Gasteiger partial charge in [-0.25, -0.2) is 9.13 Å². The molecule has 370 valence electrons. The van der Waals surface area contributed by atoms with Crippen LogP contribution < -0.4 is 71.6 Å². The van der Waals surface area contributed by atoms with Gasteiger partial charge in [-0.3, -0.25) is 29.7 Å². The molecule has 2 amide bonds. The number of nitrogens with one attached hydrogen (secondary N) is 6. The lowest BCUT2D eigenvalue weighted by Crippen LogP contribution is -3.00. The number of pyridine rings is 4. The van der Waals surface area contributed by atoms with Gasteiger partial charge in [-0.05, 0) is 121 Å².